The van der Waals surface area contributed by atoms with Gasteiger partial charge in [0.2, 0.25) is 17.3 Å². The molecule has 0 radical (unpaired) electrons. The number of nitrogens with zero attached hydrogens (tertiary/aromatic N) is 13. The minimum atomic E-state index is -1.70. The molecule has 144 heavy (non-hydrogen) atoms. The van der Waals surface area contributed by atoms with Crippen LogP contribution < -0.4 is 0 Å². The normalized spacial score (nSPS) is 28.1. The van der Waals surface area contributed by atoms with E-state index in [4.69, 9.17) is 59.2 Å². The van der Waals surface area contributed by atoms with Gasteiger partial charge >= 0.3 is 0 Å². The van der Waals surface area contributed by atoms with E-state index < -0.39 is 95.6 Å². The van der Waals surface area contributed by atoms with Crippen LogP contribution in [0.15, 0.2) is 175 Å². The second-order valence-corrected chi connectivity index (χ2v) is 35.8. The highest BCUT2D eigenvalue weighted by atomic mass is 16.7. The number of aryl methyl sites for hydroxylation is 4. The van der Waals surface area contributed by atoms with Crippen LogP contribution in [0.25, 0.3) is 47.4 Å². The van der Waals surface area contributed by atoms with Crippen LogP contribution in [-0.4, -0.2) is 208 Å². The number of benzene rings is 2. The lowest BCUT2D eigenvalue weighted by Gasteiger charge is -2.33. The number of ether oxygens (including phenoxy) is 7. The second-order valence-electron chi connectivity index (χ2n) is 35.8. The number of phenols is 4. The average molecular weight is 1950 g/mol. The van der Waals surface area contributed by atoms with Gasteiger partial charge in [-0.15, -0.1) is 0 Å². The van der Waals surface area contributed by atoms with Crippen LogP contribution in [0.4, 0.5) is 5.69 Å². The van der Waals surface area contributed by atoms with Crippen molar-refractivity contribution in [1.29, 1.82) is 21.0 Å². The third-order valence-electron chi connectivity index (χ3n) is 25.9. The number of aromatic nitrogens is 8. The Morgan fingerprint density at radius 2 is 0.785 bits per heavy atom. The number of hydrogen-bond acceptors (Lipinski definition) is 36. The molecule has 24 unspecified atom stereocenters. The summed E-state index contributed by atoms with van der Waals surface area (Å²) in [6.07, 6.45) is 20.4. The molecule has 0 saturated carbocycles. The SMILES string of the molecule is C/C=C/c1ccc2c(n1)C(O)C(O)C(O)C2O.CCCc1ccc2c(O)c(O)c(O)c(O)c2n1.CCCc1ccc2c(n1)C(=O)C(O)C(O)C2=O.CCCc1ccc2c(n1)C(O)C(O)C(O)C2O.CCCc1ccc2c(n1)C1OC1C1OC21.N#C/C=C/C1=Nc2ccccc2C2OC12.N#C/C=C/c1ccc2c(n1)C1OC1C1OC21.N#C/C=C/c1ccc2c(n1)C1OC1C=C2.N#C/C=C/c1ccc2c(n1)C=CC1OC21. The molecular formula is C108H103N13O23. The summed E-state index contributed by atoms with van der Waals surface area (Å²) in [4.78, 5) is 62.5. The Kier molecular flexibility index (Phi) is 30.7. The zero-order valence-corrected chi connectivity index (χ0v) is 78.4. The molecule has 0 spiro atoms. The number of rotatable bonds is 13. The summed E-state index contributed by atoms with van der Waals surface area (Å²) in [5.41, 5.74) is 19.5. The summed E-state index contributed by atoms with van der Waals surface area (Å²) in [7, 11) is 0. The van der Waals surface area contributed by atoms with Crippen LogP contribution in [0.3, 0.4) is 0 Å². The lowest BCUT2D eigenvalue weighted by atomic mass is 9.86. The number of fused-ring (bicyclic) bond motifs is 25. The molecule has 24 atom stereocenters. The largest absolute Gasteiger partial charge is 0.504 e. The number of hydrogen-bond donors (Lipinski definition) is 14. The number of carbonyl (C=O) groups is 2. The fourth-order valence-corrected chi connectivity index (χ4v) is 18.1. The number of phenolic OH excluding ortho intramolecular Hbond substituents is 4. The smallest absolute Gasteiger partial charge is 0.213 e. The summed E-state index contributed by atoms with van der Waals surface area (Å²) >= 11 is 0. The molecule has 16 heterocycles. The van der Waals surface area contributed by atoms with E-state index in [2.05, 4.69) is 65.0 Å². The second kappa shape index (κ2) is 43.8. The molecule has 14 N–H and O–H groups in total. The molecule has 8 aliphatic heterocycles. The number of Topliss-reactive ketones (excluding diaryl/α,β-unsaturated/α-hetero) is 2. The number of epoxide rings is 7. The first-order valence-corrected chi connectivity index (χ1v) is 47.3. The number of aliphatic hydroxyl groups excluding tert-OH is 10. The maximum Gasteiger partial charge on any atom is 0.213 e. The minimum absolute atomic E-state index is 0.0289. The van der Waals surface area contributed by atoms with E-state index >= 15 is 0 Å². The van der Waals surface area contributed by atoms with Gasteiger partial charge in [0.1, 0.15) is 145 Å². The molecule has 7 aliphatic carbocycles. The summed E-state index contributed by atoms with van der Waals surface area (Å²) in [5, 5.41) is 168. The molecule has 738 valence electrons. The van der Waals surface area contributed by atoms with Gasteiger partial charge in [-0.2, -0.15) is 21.0 Å². The van der Waals surface area contributed by atoms with Gasteiger partial charge in [0.05, 0.1) is 98.0 Å². The van der Waals surface area contributed by atoms with Crippen LogP contribution in [-0.2, 0) is 58.8 Å². The fourth-order valence-electron chi connectivity index (χ4n) is 18.1. The van der Waals surface area contributed by atoms with Gasteiger partial charge in [0.25, 0.3) is 0 Å². The van der Waals surface area contributed by atoms with E-state index in [-0.39, 0.29) is 107 Å². The molecular weight excluding hydrogens is 1850 g/mol. The molecule has 36 nitrogen and oxygen atoms in total. The van der Waals surface area contributed by atoms with Gasteiger partial charge in [-0.05, 0) is 141 Å². The Labute approximate surface area is 825 Å². The van der Waals surface area contributed by atoms with Crippen molar-refractivity contribution < 1.29 is 114 Å². The van der Waals surface area contributed by atoms with Crippen molar-refractivity contribution >= 4 is 70.3 Å². The number of pyridine rings is 8. The standard InChI is InChI=1S/C12H8N2O2.3C12H8N2O.C12H17NO4.C12H15NO4.2C12H13NO4.C12H13NO2/c13-5-1-2-6-3-4-7-8(14-6)10-12(16-10)11-9(7)15-11;13-7-1-2-9-5-3-8-4-6-10-12(15-10)11(8)14-9;13-7-1-2-8-3-4-9-10(14-8)5-6-11-12(9)15-11;13-7-3-6-10-12-11(15-12)8-4-1-2-5-9(8)14-10;4*1-2-3-6-4-5-7-8(13-6)10(15)12(17)11(16)9(7)14;1-2-3-6-4-5-7-8(13-6)10-12(15-10)11-9(7)14-11/h1-4,9-12H;1-6,10,12H;2*1-6,11-12H;4-5,9-12,14-17H,2-3H2,1H3;2-5,9-12,14-17H,1H3;4-5,14-17H,2-3H2,1H3;4-5,11-12,16-17H,2-3H2,1H3;4-5,9-12H,2-3H2,1H3/b3*2-1+;6-3+;;3-2+;;;. The molecule has 36 heteroatoms. The summed E-state index contributed by atoms with van der Waals surface area (Å²) in [6, 6.07) is 45.0. The Bertz CT molecular complexity index is 7040. The number of aliphatic imine (C=N–C) groups is 1. The zero-order chi connectivity index (χ0) is 102. The number of carbonyl (C=O) groups excluding carboxylic acids is 2. The molecule has 15 aliphatic rings. The van der Waals surface area contributed by atoms with Crippen LogP contribution in [0.2, 0.25) is 0 Å². The lowest BCUT2D eigenvalue weighted by Crippen LogP contribution is -2.45. The van der Waals surface area contributed by atoms with Crippen LogP contribution >= 0.6 is 0 Å². The molecule has 0 amide bonds. The predicted octanol–water partition coefficient (Wildman–Crippen LogP) is 11.8. The van der Waals surface area contributed by atoms with Crippen molar-refractivity contribution in [2.45, 2.75) is 232 Å². The van der Waals surface area contributed by atoms with Crippen LogP contribution in [0, 0.1) is 45.3 Å². The Morgan fingerprint density at radius 3 is 1.38 bits per heavy atom. The van der Waals surface area contributed by atoms with Gasteiger partial charge in [-0.3, -0.25) is 34.5 Å². The molecule has 7 fully saturated rings. The van der Waals surface area contributed by atoms with Gasteiger partial charge < -0.3 is 105 Å². The zero-order valence-electron chi connectivity index (χ0n) is 78.4. The molecule has 7 saturated heterocycles. The summed E-state index contributed by atoms with van der Waals surface area (Å²) in [5.74, 6) is -3.83. The van der Waals surface area contributed by atoms with Crippen molar-refractivity contribution in [1.82, 2.24) is 39.9 Å². The predicted molar refractivity (Wildman–Crippen MR) is 517 cm³/mol. The third kappa shape index (κ3) is 21.6. The highest BCUT2D eigenvalue weighted by Crippen LogP contribution is 2.62. The first-order chi connectivity index (χ1) is 69.7. The lowest BCUT2D eigenvalue weighted by molar-refractivity contribution is -0.122. The van der Waals surface area contributed by atoms with E-state index in [1.807, 2.05) is 131 Å². The van der Waals surface area contributed by atoms with Crippen molar-refractivity contribution in [3.8, 4) is 47.3 Å². The number of aromatic hydroxyl groups is 4. The maximum atomic E-state index is 11.7. The fraction of sp³-hybridized carbons (Fsp3) is 0.343. The minimum Gasteiger partial charge on any atom is -0.504 e. The highest BCUT2D eigenvalue weighted by Gasteiger charge is 2.66. The molecule has 25 rings (SSSR count). The first kappa shape index (κ1) is 101. The summed E-state index contributed by atoms with van der Waals surface area (Å²) < 4.78 is 38.7. The van der Waals surface area contributed by atoms with Gasteiger partial charge in [0.15, 0.2) is 29.5 Å². The topological polar surface area (TPSA) is 616 Å². The number of ketones is 2. The first-order valence-electron chi connectivity index (χ1n) is 47.3. The highest BCUT2D eigenvalue weighted by molar-refractivity contribution is 6.17. The molecule has 0 bridgehead atoms. The van der Waals surface area contributed by atoms with Gasteiger partial charge in [-0.1, -0.05) is 132 Å². The van der Waals surface area contributed by atoms with Crippen molar-refractivity contribution in [3.05, 3.63) is 300 Å². The quantitative estimate of drug-likeness (QED) is 0.0221. The van der Waals surface area contributed by atoms with E-state index in [0.717, 1.165) is 130 Å². The van der Waals surface area contributed by atoms with Gasteiger partial charge in [-0.25, -0.2) is 19.9 Å². The van der Waals surface area contributed by atoms with Crippen LogP contribution in [0.1, 0.15) is 267 Å². The average Bonchev–Trinajstić information content (AvgIpc) is 1.53. The number of para-hydroxylation sites is 1. The van der Waals surface area contributed by atoms with Crippen molar-refractivity contribution in [3.63, 3.8) is 0 Å². The Morgan fingerprint density at radius 1 is 0.347 bits per heavy atom. The van der Waals surface area contributed by atoms with Crippen molar-refractivity contribution in [2.24, 2.45) is 4.99 Å². The van der Waals surface area contributed by atoms with E-state index in [9.17, 15) is 81.1 Å². The maximum absolute atomic E-state index is 11.7. The van der Waals surface area contributed by atoms with Crippen LogP contribution in [0.5, 0.6) is 23.0 Å². The summed E-state index contributed by atoms with van der Waals surface area (Å²) in [6.45, 7) is 10.0. The van der Waals surface area contributed by atoms with E-state index in [0.29, 0.717) is 41.1 Å². The molecule has 10 aromatic rings. The van der Waals surface area contributed by atoms with Crippen molar-refractivity contribution in [2.75, 3.05) is 0 Å². The number of aliphatic hydroxyl groups is 10. The monoisotopic (exact) mass is 1950 g/mol. The molecule has 2 aromatic carbocycles. The van der Waals surface area contributed by atoms with E-state index in [1.165, 1.54) is 41.6 Å². The van der Waals surface area contributed by atoms with E-state index in [1.54, 1.807) is 78.9 Å². The number of nitriles is 4. The number of allylic oxidation sites excluding steroid dienone is 5. The Balaban J connectivity index is 0.000000111. The molecule has 8 aromatic heterocycles. The van der Waals surface area contributed by atoms with Gasteiger partial charge in [0, 0.05) is 86.0 Å². The Hall–Kier alpha value is -14.4. The third-order valence-corrected chi connectivity index (χ3v) is 25.9.